The third-order valence-corrected chi connectivity index (χ3v) is 7.69. The quantitative estimate of drug-likeness (QED) is 0.683. The molecule has 7 heteroatoms. The van der Waals surface area contributed by atoms with Crippen LogP contribution in [-0.2, 0) is 10.0 Å². The van der Waals surface area contributed by atoms with Gasteiger partial charge in [0, 0.05) is 35.8 Å². The van der Waals surface area contributed by atoms with Crippen LogP contribution in [0.4, 0.5) is 0 Å². The van der Waals surface area contributed by atoms with Crippen LogP contribution in [0, 0.1) is 6.92 Å². The van der Waals surface area contributed by atoms with Crippen LogP contribution in [0.2, 0.25) is 0 Å². The number of aryl methyl sites for hydroxylation is 1. The summed E-state index contributed by atoms with van der Waals surface area (Å²) in [6.45, 7) is 3.10. The summed E-state index contributed by atoms with van der Waals surface area (Å²) in [6, 6.07) is 13.0. The van der Waals surface area contributed by atoms with Gasteiger partial charge < -0.3 is 14.5 Å². The number of ether oxygens (including phenoxy) is 2. The number of piperidine rings is 1. The van der Waals surface area contributed by atoms with Crippen molar-refractivity contribution in [3.8, 4) is 11.5 Å². The number of aromatic amines is 1. The predicted molar refractivity (Wildman–Crippen MR) is 113 cm³/mol. The van der Waals surface area contributed by atoms with Crippen molar-refractivity contribution < 1.29 is 17.9 Å². The van der Waals surface area contributed by atoms with Crippen molar-refractivity contribution in [1.82, 2.24) is 9.29 Å². The first-order valence-corrected chi connectivity index (χ1v) is 11.2. The molecule has 0 bridgehead atoms. The smallest absolute Gasteiger partial charge is 0.243 e. The van der Waals surface area contributed by atoms with E-state index in [-0.39, 0.29) is 4.90 Å². The van der Waals surface area contributed by atoms with Crippen molar-refractivity contribution >= 4 is 20.9 Å². The molecular weight excluding hydrogens is 388 g/mol. The van der Waals surface area contributed by atoms with Gasteiger partial charge in [-0.1, -0.05) is 18.2 Å². The Morgan fingerprint density at radius 3 is 2.38 bits per heavy atom. The summed E-state index contributed by atoms with van der Waals surface area (Å²) in [7, 11) is -0.540. The van der Waals surface area contributed by atoms with E-state index < -0.39 is 10.0 Å². The van der Waals surface area contributed by atoms with E-state index in [0.29, 0.717) is 30.5 Å². The summed E-state index contributed by atoms with van der Waals surface area (Å²) < 4.78 is 38.4. The van der Waals surface area contributed by atoms with E-state index in [9.17, 15) is 8.42 Å². The summed E-state index contributed by atoms with van der Waals surface area (Å²) in [5.74, 6) is 1.28. The molecule has 0 radical (unpaired) electrons. The number of para-hydroxylation sites is 1. The zero-order chi connectivity index (χ0) is 20.6. The van der Waals surface area contributed by atoms with Gasteiger partial charge in [-0.05, 0) is 49.4 Å². The molecule has 0 amide bonds. The fourth-order valence-corrected chi connectivity index (χ4v) is 5.82. The van der Waals surface area contributed by atoms with E-state index in [4.69, 9.17) is 9.47 Å². The third kappa shape index (κ3) is 3.49. The van der Waals surface area contributed by atoms with Crippen LogP contribution in [-0.4, -0.2) is 45.0 Å². The van der Waals surface area contributed by atoms with Gasteiger partial charge in [0.15, 0.2) is 11.5 Å². The number of nitrogens with zero attached hydrogens (tertiary/aromatic N) is 1. The summed E-state index contributed by atoms with van der Waals surface area (Å²) in [5.41, 5.74) is 3.64. The molecule has 1 N–H and O–H groups in total. The number of fused-ring (bicyclic) bond motifs is 1. The Morgan fingerprint density at radius 2 is 1.69 bits per heavy atom. The van der Waals surface area contributed by atoms with Gasteiger partial charge in [-0.25, -0.2) is 8.42 Å². The van der Waals surface area contributed by atoms with Crippen LogP contribution in [0.3, 0.4) is 0 Å². The second-order valence-electron chi connectivity index (χ2n) is 7.40. The van der Waals surface area contributed by atoms with E-state index >= 15 is 0 Å². The largest absolute Gasteiger partial charge is 0.493 e. The van der Waals surface area contributed by atoms with Gasteiger partial charge in [0.1, 0.15) is 0 Å². The van der Waals surface area contributed by atoms with E-state index in [1.807, 2.05) is 6.07 Å². The molecule has 1 aliphatic rings. The Morgan fingerprint density at radius 1 is 1.00 bits per heavy atom. The van der Waals surface area contributed by atoms with Crippen molar-refractivity contribution in [1.29, 1.82) is 0 Å². The fourth-order valence-electron chi connectivity index (χ4n) is 4.34. The highest BCUT2D eigenvalue weighted by atomic mass is 32.2. The minimum Gasteiger partial charge on any atom is -0.493 e. The van der Waals surface area contributed by atoms with Crippen molar-refractivity contribution in [3.05, 3.63) is 53.7 Å². The average molecular weight is 415 g/mol. The number of H-pyrrole nitrogens is 1. The molecule has 1 saturated heterocycles. The highest BCUT2D eigenvalue weighted by Crippen LogP contribution is 2.37. The molecule has 0 atom stereocenters. The number of hydrogen-bond donors (Lipinski definition) is 1. The Bertz CT molecular complexity index is 1130. The minimum atomic E-state index is -3.57. The van der Waals surface area contributed by atoms with Crippen molar-refractivity contribution in [2.24, 2.45) is 0 Å². The monoisotopic (exact) mass is 414 g/mol. The Labute approximate surface area is 171 Å². The molecule has 1 fully saturated rings. The van der Waals surface area contributed by atoms with Gasteiger partial charge >= 0.3 is 0 Å². The summed E-state index contributed by atoms with van der Waals surface area (Å²) in [5, 5.41) is 1.24. The minimum absolute atomic E-state index is 0.233. The SMILES string of the molecule is COc1ccc(S(=O)(=O)N2CCC(c3c(C)[nH]c4ccccc34)CC2)cc1OC. The predicted octanol–water partition coefficient (Wildman–Crippen LogP) is 4.06. The summed E-state index contributed by atoms with van der Waals surface area (Å²) in [4.78, 5) is 3.69. The number of methoxy groups -OCH3 is 2. The first kappa shape index (κ1) is 19.8. The number of nitrogens with one attached hydrogen (secondary N) is 1. The van der Waals surface area contributed by atoms with E-state index in [1.165, 1.54) is 36.9 Å². The van der Waals surface area contributed by atoms with Crippen LogP contribution in [0.5, 0.6) is 11.5 Å². The van der Waals surface area contributed by atoms with Crippen molar-refractivity contribution in [2.75, 3.05) is 27.3 Å². The lowest BCUT2D eigenvalue weighted by Crippen LogP contribution is -2.38. The van der Waals surface area contributed by atoms with Gasteiger partial charge in [-0.3, -0.25) is 0 Å². The topological polar surface area (TPSA) is 71.6 Å². The van der Waals surface area contributed by atoms with E-state index in [2.05, 4.69) is 30.1 Å². The molecule has 0 aliphatic carbocycles. The molecule has 1 aromatic heterocycles. The first-order chi connectivity index (χ1) is 14.0. The number of rotatable bonds is 5. The summed E-state index contributed by atoms with van der Waals surface area (Å²) in [6.07, 6.45) is 1.60. The molecule has 0 saturated carbocycles. The molecule has 2 heterocycles. The second-order valence-corrected chi connectivity index (χ2v) is 9.34. The molecule has 6 nitrogen and oxygen atoms in total. The maximum absolute atomic E-state index is 13.2. The van der Waals surface area contributed by atoms with Crippen LogP contribution < -0.4 is 9.47 Å². The lowest BCUT2D eigenvalue weighted by Gasteiger charge is -2.31. The van der Waals surface area contributed by atoms with Crippen LogP contribution in [0.1, 0.15) is 30.0 Å². The van der Waals surface area contributed by atoms with Gasteiger partial charge in [0.2, 0.25) is 10.0 Å². The Balaban J connectivity index is 1.55. The van der Waals surface area contributed by atoms with Crippen LogP contribution in [0.25, 0.3) is 10.9 Å². The van der Waals surface area contributed by atoms with Gasteiger partial charge in [0.25, 0.3) is 0 Å². The van der Waals surface area contributed by atoms with Gasteiger partial charge in [-0.15, -0.1) is 0 Å². The molecule has 3 aromatic rings. The normalized spacial score (nSPS) is 16.2. The van der Waals surface area contributed by atoms with Crippen molar-refractivity contribution in [3.63, 3.8) is 0 Å². The number of benzene rings is 2. The van der Waals surface area contributed by atoms with Gasteiger partial charge in [0.05, 0.1) is 19.1 Å². The maximum Gasteiger partial charge on any atom is 0.243 e. The van der Waals surface area contributed by atoms with E-state index in [1.54, 1.807) is 16.4 Å². The number of aromatic nitrogens is 1. The van der Waals surface area contributed by atoms with E-state index in [0.717, 1.165) is 18.4 Å². The summed E-state index contributed by atoms with van der Waals surface area (Å²) >= 11 is 0. The first-order valence-electron chi connectivity index (χ1n) is 9.75. The Kier molecular flexibility index (Phi) is 5.27. The fraction of sp³-hybridized carbons (Fsp3) is 0.364. The highest BCUT2D eigenvalue weighted by Gasteiger charge is 2.32. The average Bonchev–Trinajstić information content (AvgIpc) is 3.08. The molecule has 29 heavy (non-hydrogen) atoms. The zero-order valence-corrected chi connectivity index (χ0v) is 17.8. The maximum atomic E-state index is 13.2. The lowest BCUT2D eigenvalue weighted by atomic mass is 9.88. The number of sulfonamides is 1. The Hall–Kier alpha value is -2.51. The zero-order valence-electron chi connectivity index (χ0n) is 16.9. The highest BCUT2D eigenvalue weighted by molar-refractivity contribution is 7.89. The molecule has 0 unspecified atom stereocenters. The molecule has 4 rings (SSSR count). The standard InChI is InChI=1S/C22H26N2O4S/c1-15-22(18-6-4-5-7-19(18)23-15)16-10-12-24(13-11-16)29(25,26)17-8-9-20(27-2)21(14-17)28-3/h4-9,14,16,23H,10-13H2,1-3H3. The second kappa shape index (κ2) is 7.72. The molecule has 0 spiro atoms. The van der Waals surface area contributed by atoms with Crippen LogP contribution in [0.15, 0.2) is 47.4 Å². The van der Waals surface area contributed by atoms with Crippen molar-refractivity contribution in [2.45, 2.75) is 30.6 Å². The number of hydrogen-bond acceptors (Lipinski definition) is 4. The molecule has 2 aromatic carbocycles. The van der Waals surface area contributed by atoms with Crippen LogP contribution >= 0.6 is 0 Å². The van der Waals surface area contributed by atoms with Gasteiger partial charge in [-0.2, -0.15) is 4.31 Å². The third-order valence-electron chi connectivity index (χ3n) is 5.80. The lowest BCUT2D eigenvalue weighted by molar-refractivity contribution is 0.319. The molecule has 1 aliphatic heterocycles. The molecule has 154 valence electrons. The molecular formula is C22H26N2O4S.